The molecule has 0 bridgehead atoms. The van der Waals surface area contributed by atoms with Crippen LogP contribution in [-0.4, -0.2) is 12.8 Å². The van der Waals surface area contributed by atoms with E-state index in [0.29, 0.717) is 0 Å². The number of allylic oxidation sites excluding steroid dienone is 2. The van der Waals surface area contributed by atoms with E-state index in [-0.39, 0.29) is 0 Å². The Morgan fingerprint density at radius 3 is 2.40 bits per heavy atom. The molecule has 0 amide bonds. The van der Waals surface area contributed by atoms with Crippen molar-refractivity contribution in [1.82, 2.24) is 0 Å². The first kappa shape index (κ1) is 9.41. The molecule has 0 aliphatic carbocycles. The van der Waals surface area contributed by atoms with E-state index in [1.807, 2.05) is 7.05 Å². The fraction of sp³-hybridized carbons (Fsp3) is 0.667. The highest BCUT2D eigenvalue weighted by Gasteiger charge is 1.96. The van der Waals surface area contributed by atoms with Gasteiger partial charge in [0.05, 0.1) is 0 Å². The van der Waals surface area contributed by atoms with Crippen molar-refractivity contribution < 1.29 is 0 Å². The van der Waals surface area contributed by atoms with Crippen LogP contribution in [0.1, 0.15) is 33.6 Å². The summed E-state index contributed by atoms with van der Waals surface area (Å²) in [6, 6.07) is 0. The highest BCUT2D eigenvalue weighted by atomic mass is 14.7. The molecule has 0 saturated heterocycles. The van der Waals surface area contributed by atoms with Crippen LogP contribution >= 0.6 is 0 Å². The summed E-state index contributed by atoms with van der Waals surface area (Å²) < 4.78 is 0. The van der Waals surface area contributed by atoms with Gasteiger partial charge in [0.15, 0.2) is 0 Å². The Kier molecular flexibility index (Phi) is 4.91. The molecule has 0 fully saturated rings. The van der Waals surface area contributed by atoms with Gasteiger partial charge in [-0.25, -0.2) is 0 Å². The second kappa shape index (κ2) is 5.21. The molecule has 0 aliphatic heterocycles. The lowest BCUT2D eigenvalue weighted by Crippen LogP contribution is -1.98. The summed E-state index contributed by atoms with van der Waals surface area (Å²) >= 11 is 0. The van der Waals surface area contributed by atoms with Gasteiger partial charge in [0.2, 0.25) is 0 Å². The van der Waals surface area contributed by atoms with E-state index >= 15 is 0 Å². The van der Waals surface area contributed by atoms with Crippen LogP contribution in [0.4, 0.5) is 0 Å². The van der Waals surface area contributed by atoms with Crippen molar-refractivity contribution >= 4 is 5.71 Å². The first-order valence-electron chi connectivity index (χ1n) is 3.85. The molecule has 1 heteroatoms. The Balaban J connectivity index is 4.09. The minimum Gasteiger partial charge on any atom is -0.293 e. The van der Waals surface area contributed by atoms with Gasteiger partial charge in [0.1, 0.15) is 0 Å². The van der Waals surface area contributed by atoms with Crippen LogP contribution in [-0.2, 0) is 0 Å². The zero-order valence-electron chi connectivity index (χ0n) is 7.44. The maximum atomic E-state index is 4.20. The lowest BCUT2D eigenvalue weighted by molar-refractivity contribution is 0.986. The fourth-order valence-electron chi connectivity index (χ4n) is 0.889. The molecule has 0 spiro atoms. The molecule has 0 aromatic rings. The van der Waals surface area contributed by atoms with Crippen LogP contribution in [0.3, 0.4) is 0 Å². The van der Waals surface area contributed by atoms with Crippen LogP contribution in [0.25, 0.3) is 0 Å². The minimum atomic E-state index is 1.10. The number of hydrogen-bond donors (Lipinski definition) is 0. The van der Waals surface area contributed by atoms with Gasteiger partial charge in [-0.1, -0.05) is 19.4 Å². The van der Waals surface area contributed by atoms with Gasteiger partial charge in [-0.05, 0) is 25.8 Å². The van der Waals surface area contributed by atoms with Gasteiger partial charge in [-0.3, -0.25) is 4.99 Å². The zero-order chi connectivity index (χ0) is 7.98. The van der Waals surface area contributed by atoms with Gasteiger partial charge in [-0.15, -0.1) is 0 Å². The van der Waals surface area contributed by atoms with E-state index in [2.05, 4.69) is 31.8 Å². The molecule has 1 nitrogen and oxygen atoms in total. The third-order valence-corrected chi connectivity index (χ3v) is 1.64. The van der Waals surface area contributed by atoms with Crippen molar-refractivity contribution in [3.8, 4) is 0 Å². The smallest absolute Gasteiger partial charge is 0.0370 e. The number of rotatable bonds is 3. The molecule has 0 saturated carbocycles. The lowest BCUT2D eigenvalue weighted by atomic mass is 10.1. The van der Waals surface area contributed by atoms with Gasteiger partial charge in [-0.2, -0.15) is 0 Å². The number of aliphatic imine (C=N–C) groups is 1. The molecule has 0 aliphatic rings. The van der Waals surface area contributed by atoms with Crippen molar-refractivity contribution in [1.29, 1.82) is 0 Å². The molecule has 0 aromatic heterocycles. The van der Waals surface area contributed by atoms with Crippen molar-refractivity contribution in [2.75, 3.05) is 7.05 Å². The molecular formula is C9H17N. The first-order valence-corrected chi connectivity index (χ1v) is 3.85. The molecule has 58 valence electrons. The predicted molar refractivity (Wildman–Crippen MR) is 47.7 cm³/mol. The van der Waals surface area contributed by atoms with E-state index in [0.717, 1.165) is 6.42 Å². The van der Waals surface area contributed by atoms with Crippen LogP contribution in [0.2, 0.25) is 0 Å². The number of nitrogens with zero attached hydrogens (tertiary/aromatic N) is 1. The average molecular weight is 139 g/mol. The third-order valence-electron chi connectivity index (χ3n) is 1.64. The average Bonchev–Trinajstić information content (AvgIpc) is 1.99. The standard InChI is InChI=1S/C9H17N/c1-5-7-9(10-4)8(3)6-2/h6H,5,7H2,1-4H3/b8-6-,10-9?. The third kappa shape index (κ3) is 2.81. The summed E-state index contributed by atoms with van der Waals surface area (Å²) in [5.74, 6) is 0. The SMILES string of the molecule is C/C=C(/C)C(CCC)=NC. The summed E-state index contributed by atoms with van der Waals surface area (Å²) in [5.41, 5.74) is 2.55. The van der Waals surface area contributed by atoms with Crippen molar-refractivity contribution in [3.05, 3.63) is 11.6 Å². The van der Waals surface area contributed by atoms with Crippen molar-refractivity contribution in [3.63, 3.8) is 0 Å². The van der Waals surface area contributed by atoms with E-state index in [1.54, 1.807) is 0 Å². The van der Waals surface area contributed by atoms with Crippen molar-refractivity contribution in [2.24, 2.45) is 4.99 Å². The Morgan fingerprint density at radius 2 is 2.10 bits per heavy atom. The van der Waals surface area contributed by atoms with E-state index in [9.17, 15) is 0 Å². The Labute approximate surface area is 63.9 Å². The van der Waals surface area contributed by atoms with Crippen LogP contribution < -0.4 is 0 Å². The summed E-state index contributed by atoms with van der Waals surface area (Å²) in [4.78, 5) is 4.20. The highest BCUT2D eigenvalue weighted by molar-refractivity contribution is 5.99. The molecule has 0 aromatic carbocycles. The van der Waals surface area contributed by atoms with Crippen LogP contribution in [0, 0.1) is 0 Å². The summed E-state index contributed by atoms with van der Waals surface area (Å²) in [6.07, 6.45) is 4.39. The highest BCUT2D eigenvalue weighted by Crippen LogP contribution is 2.02. The molecule has 0 radical (unpaired) electrons. The second-order valence-electron chi connectivity index (χ2n) is 2.39. The Hall–Kier alpha value is -0.590. The van der Waals surface area contributed by atoms with E-state index < -0.39 is 0 Å². The van der Waals surface area contributed by atoms with Crippen LogP contribution in [0.5, 0.6) is 0 Å². The van der Waals surface area contributed by atoms with Gasteiger partial charge in [0, 0.05) is 12.8 Å². The van der Waals surface area contributed by atoms with Crippen LogP contribution in [0.15, 0.2) is 16.6 Å². The maximum Gasteiger partial charge on any atom is 0.0370 e. The van der Waals surface area contributed by atoms with E-state index in [1.165, 1.54) is 17.7 Å². The minimum absolute atomic E-state index is 1.10. The monoisotopic (exact) mass is 139 g/mol. The maximum absolute atomic E-state index is 4.20. The largest absolute Gasteiger partial charge is 0.293 e. The summed E-state index contributed by atoms with van der Waals surface area (Å²) in [5, 5.41) is 0. The van der Waals surface area contributed by atoms with Gasteiger partial charge in [0.25, 0.3) is 0 Å². The Morgan fingerprint density at radius 1 is 1.50 bits per heavy atom. The first-order chi connectivity index (χ1) is 4.76. The second-order valence-corrected chi connectivity index (χ2v) is 2.39. The summed E-state index contributed by atoms with van der Waals surface area (Å²) in [6.45, 7) is 6.34. The summed E-state index contributed by atoms with van der Waals surface area (Å²) in [7, 11) is 1.86. The molecular weight excluding hydrogens is 122 g/mol. The zero-order valence-corrected chi connectivity index (χ0v) is 7.44. The fourth-order valence-corrected chi connectivity index (χ4v) is 0.889. The molecule has 10 heavy (non-hydrogen) atoms. The molecule has 0 unspecified atom stereocenters. The normalized spacial score (nSPS) is 14.0. The van der Waals surface area contributed by atoms with Gasteiger partial charge >= 0.3 is 0 Å². The Bertz CT molecular complexity index is 143. The quantitative estimate of drug-likeness (QED) is 0.533. The van der Waals surface area contributed by atoms with Gasteiger partial charge < -0.3 is 0 Å². The molecule has 0 atom stereocenters. The molecule has 0 rings (SSSR count). The predicted octanol–water partition coefficient (Wildman–Crippen LogP) is 2.82. The topological polar surface area (TPSA) is 12.4 Å². The molecule has 0 N–H and O–H groups in total. The lowest BCUT2D eigenvalue weighted by Gasteiger charge is -2.01. The van der Waals surface area contributed by atoms with Crippen molar-refractivity contribution in [2.45, 2.75) is 33.6 Å². The molecule has 0 heterocycles. The van der Waals surface area contributed by atoms with E-state index in [4.69, 9.17) is 0 Å². The number of hydrogen-bond acceptors (Lipinski definition) is 1.